The number of hydrogen-bond donors (Lipinski definition) is 0. The fraction of sp³-hybridized carbons (Fsp3) is 0.429. The van der Waals surface area contributed by atoms with E-state index in [0.29, 0.717) is 0 Å². The Morgan fingerprint density at radius 3 is 2.05 bits per heavy atom. The summed E-state index contributed by atoms with van der Waals surface area (Å²) < 4.78 is 14.4. The normalized spacial score (nSPS) is 12.5. The number of aryl methyl sites for hydroxylation is 1. The minimum Gasteiger partial charge on any atom is -0.207 e. The van der Waals surface area contributed by atoms with Crippen molar-refractivity contribution in [1.29, 1.82) is 0 Å². The molecule has 2 aromatic rings. The third-order valence-electron chi connectivity index (χ3n) is 4.36. The zero-order chi connectivity index (χ0) is 16.5. The molecule has 0 saturated heterocycles. The molecule has 2 rings (SSSR count). The van der Waals surface area contributed by atoms with E-state index in [0.717, 1.165) is 17.5 Å². The van der Waals surface area contributed by atoms with Gasteiger partial charge in [-0.3, -0.25) is 0 Å². The first kappa shape index (κ1) is 16.7. The highest BCUT2D eigenvalue weighted by Crippen LogP contribution is 2.32. The predicted molar refractivity (Wildman–Crippen MR) is 93.0 cm³/mol. The molecule has 0 amide bonds. The Bertz CT molecular complexity index is 660. The molecule has 0 atom stereocenters. The van der Waals surface area contributed by atoms with Gasteiger partial charge in [0.25, 0.3) is 0 Å². The molecule has 0 unspecified atom stereocenters. The maximum Gasteiger partial charge on any atom is 0.127 e. The van der Waals surface area contributed by atoms with Crippen molar-refractivity contribution in [2.75, 3.05) is 0 Å². The maximum absolute atomic E-state index is 14.4. The van der Waals surface area contributed by atoms with Gasteiger partial charge in [-0.25, -0.2) is 4.39 Å². The van der Waals surface area contributed by atoms with Crippen molar-refractivity contribution < 1.29 is 4.39 Å². The van der Waals surface area contributed by atoms with Crippen LogP contribution in [0, 0.1) is 12.7 Å². The van der Waals surface area contributed by atoms with Gasteiger partial charge in [-0.15, -0.1) is 0 Å². The SMILES string of the molecule is Cc1ccccc1C(C)(C)Cc1ccc(C(C)(C)C)c(F)c1. The number of benzene rings is 2. The lowest BCUT2D eigenvalue weighted by Gasteiger charge is -2.28. The van der Waals surface area contributed by atoms with Crippen LogP contribution in [0.5, 0.6) is 0 Å². The Balaban J connectivity index is 2.31. The molecule has 0 N–H and O–H groups in total. The van der Waals surface area contributed by atoms with Gasteiger partial charge in [-0.05, 0) is 52.5 Å². The zero-order valence-electron chi connectivity index (χ0n) is 14.6. The Labute approximate surface area is 134 Å². The Morgan fingerprint density at radius 2 is 1.50 bits per heavy atom. The summed E-state index contributed by atoms with van der Waals surface area (Å²) >= 11 is 0. The lowest BCUT2D eigenvalue weighted by Crippen LogP contribution is -2.22. The summed E-state index contributed by atoms with van der Waals surface area (Å²) in [6.07, 6.45) is 0.833. The number of rotatable bonds is 3. The lowest BCUT2D eigenvalue weighted by molar-refractivity contribution is 0.505. The van der Waals surface area contributed by atoms with Crippen LogP contribution in [0.15, 0.2) is 42.5 Å². The molecule has 1 heteroatoms. The van der Waals surface area contributed by atoms with E-state index in [2.05, 4.69) is 51.1 Å². The van der Waals surface area contributed by atoms with Crippen LogP contribution in [-0.2, 0) is 17.3 Å². The van der Waals surface area contributed by atoms with E-state index in [-0.39, 0.29) is 16.6 Å². The molecule has 0 radical (unpaired) electrons. The van der Waals surface area contributed by atoms with Crippen LogP contribution in [0.3, 0.4) is 0 Å². The summed E-state index contributed by atoms with van der Waals surface area (Å²) in [7, 11) is 0. The second-order valence-corrected chi connectivity index (χ2v) is 7.94. The van der Waals surface area contributed by atoms with Gasteiger partial charge in [-0.2, -0.15) is 0 Å². The molecule has 2 aromatic carbocycles. The maximum atomic E-state index is 14.4. The molecule has 22 heavy (non-hydrogen) atoms. The van der Waals surface area contributed by atoms with Crippen LogP contribution in [0.1, 0.15) is 56.9 Å². The summed E-state index contributed by atoms with van der Waals surface area (Å²) in [5, 5.41) is 0. The molecule has 0 heterocycles. The van der Waals surface area contributed by atoms with Crippen molar-refractivity contribution in [2.45, 2.75) is 58.8 Å². The largest absolute Gasteiger partial charge is 0.207 e. The number of hydrogen-bond acceptors (Lipinski definition) is 0. The molecule has 0 bridgehead atoms. The smallest absolute Gasteiger partial charge is 0.127 e. The fourth-order valence-corrected chi connectivity index (χ4v) is 3.21. The summed E-state index contributed by atoms with van der Waals surface area (Å²) in [4.78, 5) is 0. The molecule has 0 spiro atoms. The fourth-order valence-electron chi connectivity index (χ4n) is 3.21. The predicted octanol–water partition coefficient (Wildman–Crippen LogP) is 5.95. The summed E-state index contributed by atoms with van der Waals surface area (Å²) in [5.74, 6) is -0.0921. The monoisotopic (exact) mass is 298 g/mol. The van der Waals surface area contributed by atoms with Crippen LogP contribution in [0.25, 0.3) is 0 Å². The topological polar surface area (TPSA) is 0 Å². The minimum absolute atomic E-state index is 0.0129. The Kier molecular flexibility index (Phi) is 4.47. The summed E-state index contributed by atoms with van der Waals surface area (Å²) in [5.41, 5.74) is 4.29. The highest BCUT2D eigenvalue weighted by atomic mass is 19.1. The van der Waals surface area contributed by atoms with Gasteiger partial charge >= 0.3 is 0 Å². The first-order valence-electron chi connectivity index (χ1n) is 7.96. The van der Waals surface area contributed by atoms with Crippen molar-refractivity contribution >= 4 is 0 Å². The van der Waals surface area contributed by atoms with E-state index < -0.39 is 0 Å². The molecule has 0 aliphatic rings. The molecular formula is C21H27F. The van der Waals surface area contributed by atoms with Gasteiger partial charge in [0.15, 0.2) is 0 Å². The van der Waals surface area contributed by atoms with E-state index in [9.17, 15) is 4.39 Å². The zero-order valence-corrected chi connectivity index (χ0v) is 14.6. The average molecular weight is 298 g/mol. The third-order valence-corrected chi connectivity index (χ3v) is 4.36. The first-order chi connectivity index (χ1) is 10.1. The van der Waals surface area contributed by atoms with Gasteiger partial charge in [0.2, 0.25) is 0 Å². The van der Waals surface area contributed by atoms with E-state index in [1.54, 1.807) is 6.07 Å². The molecule has 0 aliphatic heterocycles. The minimum atomic E-state index is -0.159. The Hall–Kier alpha value is -1.63. The van der Waals surface area contributed by atoms with E-state index in [1.165, 1.54) is 11.1 Å². The molecule has 0 nitrogen and oxygen atoms in total. The third kappa shape index (κ3) is 3.58. The van der Waals surface area contributed by atoms with Crippen molar-refractivity contribution in [3.8, 4) is 0 Å². The average Bonchev–Trinajstić information content (AvgIpc) is 2.36. The highest BCUT2D eigenvalue weighted by molar-refractivity contribution is 5.36. The van der Waals surface area contributed by atoms with Crippen LogP contribution in [0.2, 0.25) is 0 Å². The summed E-state index contributed by atoms with van der Waals surface area (Å²) in [6.45, 7) is 12.7. The lowest BCUT2D eigenvalue weighted by atomic mass is 9.77. The highest BCUT2D eigenvalue weighted by Gasteiger charge is 2.24. The van der Waals surface area contributed by atoms with Gasteiger partial charge in [0.1, 0.15) is 5.82 Å². The second kappa shape index (κ2) is 5.87. The Morgan fingerprint density at radius 1 is 0.864 bits per heavy atom. The number of halogens is 1. The van der Waals surface area contributed by atoms with Crippen molar-refractivity contribution in [2.24, 2.45) is 0 Å². The van der Waals surface area contributed by atoms with Crippen LogP contribution in [0.4, 0.5) is 4.39 Å². The van der Waals surface area contributed by atoms with Gasteiger partial charge in [0.05, 0.1) is 0 Å². The van der Waals surface area contributed by atoms with Crippen LogP contribution >= 0.6 is 0 Å². The molecule has 0 saturated carbocycles. The van der Waals surface area contributed by atoms with Gasteiger partial charge in [-0.1, -0.05) is 71.0 Å². The molecule has 0 aliphatic carbocycles. The van der Waals surface area contributed by atoms with E-state index in [1.807, 2.05) is 26.8 Å². The second-order valence-electron chi connectivity index (χ2n) is 7.94. The van der Waals surface area contributed by atoms with Crippen LogP contribution in [-0.4, -0.2) is 0 Å². The summed E-state index contributed by atoms with van der Waals surface area (Å²) in [6, 6.07) is 14.2. The van der Waals surface area contributed by atoms with Gasteiger partial charge < -0.3 is 0 Å². The molecule has 118 valence electrons. The van der Waals surface area contributed by atoms with Crippen molar-refractivity contribution in [3.05, 3.63) is 70.5 Å². The van der Waals surface area contributed by atoms with Crippen molar-refractivity contribution in [1.82, 2.24) is 0 Å². The van der Waals surface area contributed by atoms with Crippen LogP contribution < -0.4 is 0 Å². The molecular weight excluding hydrogens is 271 g/mol. The van der Waals surface area contributed by atoms with E-state index in [4.69, 9.17) is 0 Å². The van der Waals surface area contributed by atoms with E-state index >= 15 is 0 Å². The standard InChI is InChI=1S/C21H27F/c1-15-9-7-8-10-17(15)21(5,6)14-16-11-12-18(19(22)13-16)20(2,3)4/h7-13H,14H2,1-6H3. The quantitative estimate of drug-likeness (QED) is 0.656. The first-order valence-corrected chi connectivity index (χ1v) is 7.96. The molecule has 0 fully saturated rings. The van der Waals surface area contributed by atoms with Gasteiger partial charge in [0, 0.05) is 0 Å². The molecule has 0 aromatic heterocycles. The van der Waals surface area contributed by atoms with Crippen molar-refractivity contribution in [3.63, 3.8) is 0 Å².